The van der Waals surface area contributed by atoms with E-state index in [0.717, 1.165) is 0 Å². The monoisotopic (exact) mass is 239 g/mol. The highest BCUT2D eigenvalue weighted by molar-refractivity contribution is 9.10. The zero-order chi connectivity index (χ0) is 8.43. The zero-order valence-electron chi connectivity index (χ0n) is 5.31. The number of hydrogen-bond acceptors (Lipinski definition) is 2. The van der Waals surface area contributed by atoms with Gasteiger partial charge in [0.05, 0.1) is 6.61 Å². The molecule has 2 nitrogen and oxygen atoms in total. The molecule has 0 unspecified atom stereocenters. The molecule has 1 N–H and O–H groups in total. The molecule has 0 fully saturated rings. The van der Waals surface area contributed by atoms with Gasteiger partial charge in [0.25, 0.3) is 0 Å². The molecule has 0 aliphatic carbocycles. The summed E-state index contributed by atoms with van der Waals surface area (Å²) < 4.78 is 13.3. The number of aliphatic hydroxyl groups excluding tert-OH is 1. The number of aliphatic hydroxyl groups is 1. The smallest absolute Gasteiger partial charge is 0.167 e. The van der Waals surface area contributed by atoms with Crippen molar-refractivity contribution < 1.29 is 9.50 Å². The minimum atomic E-state index is -0.677. The molecule has 1 heterocycles. The second-order valence-electron chi connectivity index (χ2n) is 1.85. The molecule has 0 atom stereocenters. The largest absolute Gasteiger partial charge is 0.392 e. The Kier molecular flexibility index (Phi) is 2.81. The SMILES string of the molecule is OCc1c(Br)cnc(Cl)c1F. The van der Waals surface area contributed by atoms with Crippen molar-refractivity contribution in [2.75, 3.05) is 0 Å². The van der Waals surface area contributed by atoms with E-state index in [4.69, 9.17) is 16.7 Å². The van der Waals surface area contributed by atoms with E-state index in [2.05, 4.69) is 20.9 Å². The second-order valence-corrected chi connectivity index (χ2v) is 3.06. The molecule has 5 heteroatoms. The minimum Gasteiger partial charge on any atom is -0.392 e. The third-order valence-corrected chi connectivity index (χ3v) is 2.13. The van der Waals surface area contributed by atoms with Crippen LogP contribution in [0, 0.1) is 5.82 Å². The summed E-state index contributed by atoms with van der Waals surface area (Å²) in [6.07, 6.45) is 1.34. The van der Waals surface area contributed by atoms with E-state index in [9.17, 15) is 4.39 Å². The van der Waals surface area contributed by atoms with Gasteiger partial charge in [-0.25, -0.2) is 9.37 Å². The number of aromatic nitrogens is 1. The Morgan fingerprint density at radius 1 is 1.73 bits per heavy atom. The lowest BCUT2D eigenvalue weighted by Gasteiger charge is -2.01. The summed E-state index contributed by atoms with van der Waals surface area (Å²) in [4.78, 5) is 3.52. The van der Waals surface area contributed by atoms with Gasteiger partial charge in [0.15, 0.2) is 11.0 Å². The number of rotatable bonds is 1. The summed E-state index contributed by atoms with van der Waals surface area (Å²) in [5.41, 5.74) is 0.130. The van der Waals surface area contributed by atoms with Gasteiger partial charge in [0, 0.05) is 16.2 Å². The first-order chi connectivity index (χ1) is 5.16. The Hall–Kier alpha value is -0.190. The molecule has 0 amide bonds. The molecule has 0 saturated carbocycles. The van der Waals surface area contributed by atoms with Crippen molar-refractivity contribution in [2.45, 2.75) is 6.61 Å². The highest BCUT2D eigenvalue weighted by Crippen LogP contribution is 2.23. The van der Waals surface area contributed by atoms with E-state index in [1.165, 1.54) is 6.20 Å². The topological polar surface area (TPSA) is 33.1 Å². The summed E-state index contributed by atoms with van der Waals surface area (Å²) in [6, 6.07) is 0. The Balaban J connectivity index is 3.29. The van der Waals surface area contributed by atoms with Crippen LogP contribution < -0.4 is 0 Å². The molecule has 0 spiro atoms. The first-order valence-corrected chi connectivity index (χ1v) is 3.93. The number of halogens is 3. The Bertz CT molecular complexity index is 282. The summed E-state index contributed by atoms with van der Waals surface area (Å²) in [5.74, 6) is -0.677. The van der Waals surface area contributed by atoms with Crippen LogP contribution in [-0.4, -0.2) is 10.1 Å². The molecule has 60 valence electrons. The fourth-order valence-electron chi connectivity index (χ4n) is 0.622. The highest BCUT2D eigenvalue weighted by Gasteiger charge is 2.10. The van der Waals surface area contributed by atoms with E-state index in [-0.39, 0.29) is 10.7 Å². The maximum absolute atomic E-state index is 12.9. The van der Waals surface area contributed by atoms with Gasteiger partial charge in [-0.3, -0.25) is 0 Å². The molecule has 1 aromatic heterocycles. The molecular formula is C6H4BrClFNO. The van der Waals surface area contributed by atoms with E-state index >= 15 is 0 Å². The predicted molar refractivity (Wildman–Crippen MR) is 42.8 cm³/mol. The number of nitrogens with zero attached hydrogens (tertiary/aromatic N) is 1. The molecular weight excluding hydrogens is 236 g/mol. The first-order valence-electron chi connectivity index (χ1n) is 2.76. The van der Waals surface area contributed by atoms with Crippen LogP contribution in [0.3, 0.4) is 0 Å². The maximum atomic E-state index is 12.9. The van der Waals surface area contributed by atoms with Crippen molar-refractivity contribution in [3.05, 3.63) is 27.2 Å². The summed E-state index contributed by atoms with van der Waals surface area (Å²) in [6.45, 7) is -0.394. The zero-order valence-corrected chi connectivity index (χ0v) is 7.65. The van der Waals surface area contributed by atoms with E-state index in [1.807, 2.05) is 0 Å². The van der Waals surface area contributed by atoms with Gasteiger partial charge in [0.1, 0.15) is 0 Å². The van der Waals surface area contributed by atoms with Gasteiger partial charge in [-0.1, -0.05) is 11.6 Å². The van der Waals surface area contributed by atoms with E-state index in [1.54, 1.807) is 0 Å². The van der Waals surface area contributed by atoms with E-state index in [0.29, 0.717) is 4.47 Å². The van der Waals surface area contributed by atoms with Crippen LogP contribution in [0.15, 0.2) is 10.7 Å². The number of pyridine rings is 1. The molecule has 0 aliphatic rings. The van der Waals surface area contributed by atoms with Crippen LogP contribution in [0.5, 0.6) is 0 Å². The third-order valence-electron chi connectivity index (χ3n) is 1.18. The van der Waals surface area contributed by atoms with Gasteiger partial charge < -0.3 is 5.11 Å². The maximum Gasteiger partial charge on any atom is 0.167 e. The molecule has 1 rings (SSSR count). The minimum absolute atomic E-state index is 0.130. The van der Waals surface area contributed by atoms with Crippen LogP contribution >= 0.6 is 27.5 Å². The van der Waals surface area contributed by atoms with Crippen LogP contribution in [0.4, 0.5) is 4.39 Å². The van der Waals surface area contributed by atoms with E-state index < -0.39 is 12.4 Å². The van der Waals surface area contributed by atoms with Crippen molar-refractivity contribution in [3.63, 3.8) is 0 Å². The van der Waals surface area contributed by atoms with Crippen molar-refractivity contribution in [2.24, 2.45) is 0 Å². The summed E-state index contributed by atoms with van der Waals surface area (Å²) >= 11 is 8.37. The fourth-order valence-corrected chi connectivity index (χ4v) is 1.19. The third kappa shape index (κ3) is 1.69. The molecule has 11 heavy (non-hydrogen) atoms. The molecule has 0 saturated heterocycles. The molecule has 0 aromatic carbocycles. The Labute approximate surface area is 76.1 Å². The highest BCUT2D eigenvalue weighted by atomic mass is 79.9. The Morgan fingerprint density at radius 3 is 2.82 bits per heavy atom. The van der Waals surface area contributed by atoms with Crippen LogP contribution in [0.1, 0.15) is 5.56 Å². The predicted octanol–water partition coefficient (Wildman–Crippen LogP) is 2.13. The van der Waals surface area contributed by atoms with Gasteiger partial charge in [-0.2, -0.15) is 0 Å². The van der Waals surface area contributed by atoms with Crippen molar-refractivity contribution >= 4 is 27.5 Å². The fraction of sp³-hybridized carbons (Fsp3) is 0.167. The quantitative estimate of drug-likeness (QED) is 0.763. The lowest BCUT2D eigenvalue weighted by molar-refractivity contribution is 0.274. The number of hydrogen-bond donors (Lipinski definition) is 1. The lowest BCUT2D eigenvalue weighted by atomic mass is 10.3. The van der Waals surface area contributed by atoms with Gasteiger partial charge in [0.2, 0.25) is 0 Å². The van der Waals surface area contributed by atoms with Crippen LogP contribution in [0.2, 0.25) is 5.15 Å². The van der Waals surface area contributed by atoms with Crippen molar-refractivity contribution in [1.29, 1.82) is 0 Å². The Morgan fingerprint density at radius 2 is 2.36 bits per heavy atom. The standard InChI is InChI=1S/C6H4BrClFNO/c7-4-1-10-6(8)5(9)3(4)2-11/h1,11H,2H2. The molecule has 0 radical (unpaired) electrons. The summed E-state index contributed by atoms with van der Waals surface area (Å²) in [5, 5.41) is 8.44. The molecule has 0 aliphatic heterocycles. The van der Waals surface area contributed by atoms with Crippen LogP contribution in [0.25, 0.3) is 0 Å². The van der Waals surface area contributed by atoms with Crippen molar-refractivity contribution in [1.82, 2.24) is 4.98 Å². The molecule has 0 bridgehead atoms. The van der Waals surface area contributed by atoms with Crippen LogP contribution in [-0.2, 0) is 6.61 Å². The first kappa shape index (κ1) is 8.90. The normalized spacial score (nSPS) is 10.2. The lowest BCUT2D eigenvalue weighted by Crippen LogP contribution is -1.94. The van der Waals surface area contributed by atoms with Gasteiger partial charge in [-0.15, -0.1) is 0 Å². The van der Waals surface area contributed by atoms with Gasteiger partial charge in [-0.05, 0) is 15.9 Å². The molecule has 1 aromatic rings. The average molecular weight is 240 g/mol. The summed E-state index contributed by atoms with van der Waals surface area (Å²) in [7, 11) is 0. The second kappa shape index (κ2) is 3.47. The van der Waals surface area contributed by atoms with Crippen molar-refractivity contribution in [3.8, 4) is 0 Å². The average Bonchev–Trinajstić information content (AvgIpc) is 1.99. The van der Waals surface area contributed by atoms with Gasteiger partial charge >= 0.3 is 0 Å².